The van der Waals surface area contributed by atoms with Gasteiger partial charge >= 0.3 is 5.69 Å². The third-order valence-corrected chi connectivity index (χ3v) is 7.06. The monoisotopic (exact) mass is 420 g/mol. The predicted molar refractivity (Wildman–Crippen MR) is 110 cm³/mol. The van der Waals surface area contributed by atoms with E-state index in [2.05, 4.69) is 5.10 Å². The molecule has 1 aromatic heterocycles. The van der Waals surface area contributed by atoms with Gasteiger partial charge in [0.25, 0.3) is 0 Å². The number of benzene rings is 1. The number of carbonyl (C=O) groups excluding carboxylic acids is 1. The number of nitrogens with zero attached hydrogens (tertiary/aromatic N) is 4. The molecule has 1 aromatic carbocycles. The Labute approximate surface area is 171 Å². The molecule has 0 radical (unpaired) electrons. The van der Waals surface area contributed by atoms with Crippen LogP contribution in [0.25, 0.3) is 0 Å². The van der Waals surface area contributed by atoms with Crippen molar-refractivity contribution in [2.24, 2.45) is 7.05 Å². The molecule has 1 atom stereocenters. The third kappa shape index (κ3) is 4.60. The predicted octanol–water partition coefficient (Wildman–Crippen LogP) is 1.73. The van der Waals surface area contributed by atoms with Crippen molar-refractivity contribution in [2.45, 2.75) is 50.0 Å². The molecule has 2 heterocycles. The van der Waals surface area contributed by atoms with Gasteiger partial charge in [0.1, 0.15) is 5.82 Å². The van der Waals surface area contributed by atoms with Crippen molar-refractivity contribution >= 4 is 15.7 Å². The first-order chi connectivity index (χ1) is 13.7. The van der Waals surface area contributed by atoms with Crippen LogP contribution in [0.4, 0.5) is 0 Å². The van der Waals surface area contributed by atoms with Gasteiger partial charge in [-0.2, -0.15) is 5.10 Å². The van der Waals surface area contributed by atoms with E-state index in [1.807, 2.05) is 13.8 Å². The largest absolute Gasteiger partial charge is 0.345 e. The van der Waals surface area contributed by atoms with Gasteiger partial charge in [-0.3, -0.25) is 9.36 Å². The van der Waals surface area contributed by atoms with Crippen LogP contribution in [0.15, 0.2) is 40.0 Å². The van der Waals surface area contributed by atoms with Gasteiger partial charge in [0.05, 0.1) is 10.6 Å². The van der Waals surface area contributed by atoms with E-state index in [0.29, 0.717) is 18.9 Å². The molecule has 0 bridgehead atoms. The summed E-state index contributed by atoms with van der Waals surface area (Å²) in [5.74, 6) is 0.275. The van der Waals surface area contributed by atoms with Crippen LogP contribution in [-0.4, -0.2) is 52.4 Å². The lowest BCUT2D eigenvalue weighted by atomic mass is 9.96. The van der Waals surface area contributed by atoms with E-state index in [1.54, 1.807) is 46.8 Å². The highest BCUT2D eigenvalue weighted by atomic mass is 32.2. The lowest BCUT2D eigenvalue weighted by molar-refractivity contribution is -0.132. The Kier molecular flexibility index (Phi) is 6.26. The summed E-state index contributed by atoms with van der Waals surface area (Å²) in [6.45, 7) is 4.92. The number of piperidine rings is 1. The van der Waals surface area contributed by atoms with Gasteiger partial charge in [-0.15, -0.1) is 0 Å². The summed E-state index contributed by atoms with van der Waals surface area (Å²) in [6.07, 6.45) is 1.59. The highest BCUT2D eigenvalue weighted by Gasteiger charge is 2.30. The second-order valence-corrected chi connectivity index (χ2v) is 9.90. The van der Waals surface area contributed by atoms with Gasteiger partial charge in [-0.1, -0.05) is 18.2 Å². The van der Waals surface area contributed by atoms with Gasteiger partial charge < -0.3 is 4.90 Å². The number of rotatable bonds is 6. The maximum absolute atomic E-state index is 12.7. The average molecular weight is 421 g/mol. The Balaban J connectivity index is 1.69. The standard InChI is InChI=1S/C20H28N4O4S/c1-15(2)24-19(21-22(3)20(24)26)16-8-7-12-23(14-16)18(25)11-13-29(27,28)17-9-5-4-6-10-17/h4-6,9-10,15-16H,7-8,11-14H2,1-3H3. The summed E-state index contributed by atoms with van der Waals surface area (Å²) >= 11 is 0. The maximum atomic E-state index is 12.7. The zero-order valence-corrected chi connectivity index (χ0v) is 17.9. The molecular formula is C20H28N4O4S. The maximum Gasteiger partial charge on any atom is 0.345 e. The Morgan fingerprint density at radius 2 is 1.93 bits per heavy atom. The van der Waals surface area contributed by atoms with Crippen LogP contribution in [-0.2, 0) is 21.7 Å². The highest BCUT2D eigenvalue weighted by molar-refractivity contribution is 7.91. The number of aryl methyl sites for hydroxylation is 1. The van der Waals surface area contributed by atoms with Crippen LogP contribution in [0, 0.1) is 0 Å². The van der Waals surface area contributed by atoms with E-state index in [0.717, 1.165) is 12.8 Å². The number of carbonyl (C=O) groups is 1. The summed E-state index contributed by atoms with van der Waals surface area (Å²) in [7, 11) is -1.86. The first-order valence-electron chi connectivity index (χ1n) is 9.91. The summed E-state index contributed by atoms with van der Waals surface area (Å²) in [4.78, 5) is 27.0. The molecule has 158 valence electrons. The lowest BCUT2D eigenvalue weighted by Crippen LogP contribution is -2.40. The summed E-state index contributed by atoms with van der Waals surface area (Å²) in [6, 6.07) is 8.17. The third-order valence-electron chi connectivity index (χ3n) is 5.32. The number of hydrogen-bond donors (Lipinski definition) is 0. The zero-order chi connectivity index (χ0) is 21.2. The number of amides is 1. The van der Waals surface area contributed by atoms with Gasteiger partial charge in [-0.05, 0) is 38.8 Å². The Bertz CT molecular complexity index is 1020. The molecule has 0 aliphatic carbocycles. The molecule has 1 aliphatic rings. The van der Waals surface area contributed by atoms with Gasteiger partial charge in [-0.25, -0.2) is 17.9 Å². The van der Waals surface area contributed by atoms with Crippen LogP contribution in [0.3, 0.4) is 0 Å². The molecule has 1 unspecified atom stereocenters. The van der Waals surface area contributed by atoms with E-state index in [-0.39, 0.29) is 40.6 Å². The summed E-state index contributed by atoms with van der Waals surface area (Å²) in [5.41, 5.74) is -0.160. The van der Waals surface area contributed by atoms with Crippen LogP contribution in [0.5, 0.6) is 0 Å². The van der Waals surface area contributed by atoms with Crippen molar-refractivity contribution in [1.82, 2.24) is 19.2 Å². The molecule has 29 heavy (non-hydrogen) atoms. The SMILES string of the molecule is CC(C)n1c(C2CCCN(C(=O)CCS(=O)(=O)c3ccccc3)C2)nn(C)c1=O. The van der Waals surface area contributed by atoms with Crippen LogP contribution < -0.4 is 5.69 Å². The summed E-state index contributed by atoms with van der Waals surface area (Å²) < 4.78 is 27.9. The van der Waals surface area contributed by atoms with Crippen molar-refractivity contribution in [1.29, 1.82) is 0 Å². The fraction of sp³-hybridized carbons (Fsp3) is 0.550. The normalized spacial score (nSPS) is 17.7. The van der Waals surface area contributed by atoms with E-state index in [9.17, 15) is 18.0 Å². The smallest absolute Gasteiger partial charge is 0.342 e. The molecule has 1 amide bonds. The Hall–Kier alpha value is -2.42. The molecule has 9 heteroatoms. The molecule has 0 N–H and O–H groups in total. The van der Waals surface area contributed by atoms with Crippen molar-refractivity contribution in [3.8, 4) is 0 Å². The second-order valence-electron chi connectivity index (χ2n) is 7.79. The Morgan fingerprint density at radius 1 is 1.24 bits per heavy atom. The molecule has 0 spiro atoms. The topological polar surface area (TPSA) is 94.3 Å². The van der Waals surface area contributed by atoms with Crippen LogP contribution in [0.1, 0.15) is 50.9 Å². The number of sulfone groups is 1. The zero-order valence-electron chi connectivity index (χ0n) is 17.1. The quantitative estimate of drug-likeness (QED) is 0.709. The van der Waals surface area contributed by atoms with Gasteiger partial charge in [0.2, 0.25) is 5.91 Å². The molecule has 8 nitrogen and oxygen atoms in total. The fourth-order valence-electron chi connectivity index (χ4n) is 3.80. The molecule has 1 saturated heterocycles. The van der Waals surface area contributed by atoms with Crippen LogP contribution in [0.2, 0.25) is 0 Å². The van der Waals surface area contributed by atoms with E-state index >= 15 is 0 Å². The lowest BCUT2D eigenvalue weighted by Gasteiger charge is -2.32. The first kappa shape index (κ1) is 21.3. The molecular weight excluding hydrogens is 392 g/mol. The van der Waals surface area contributed by atoms with Crippen molar-refractivity contribution in [2.75, 3.05) is 18.8 Å². The van der Waals surface area contributed by atoms with Crippen molar-refractivity contribution in [3.05, 3.63) is 46.6 Å². The van der Waals surface area contributed by atoms with Crippen molar-refractivity contribution < 1.29 is 13.2 Å². The number of aromatic nitrogens is 3. The Morgan fingerprint density at radius 3 is 2.59 bits per heavy atom. The van der Waals surface area contributed by atoms with Gasteiger partial charge in [0.15, 0.2) is 9.84 Å². The minimum absolute atomic E-state index is 0.0201. The minimum Gasteiger partial charge on any atom is -0.342 e. The first-order valence-corrected chi connectivity index (χ1v) is 11.6. The molecule has 1 fully saturated rings. The minimum atomic E-state index is -3.49. The highest BCUT2D eigenvalue weighted by Crippen LogP contribution is 2.27. The van der Waals surface area contributed by atoms with Crippen molar-refractivity contribution in [3.63, 3.8) is 0 Å². The average Bonchev–Trinajstić information content (AvgIpc) is 3.02. The summed E-state index contributed by atoms with van der Waals surface area (Å²) in [5, 5.41) is 4.41. The van der Waals surface area contributed by atoms with E-state index in [1.165, 1.54) is 4.68 Å². The molecule has 0 saturated carbocycles. The number of hydrogen-bond acceptors (Lipinski definition) is 5. The molecule has 2 aromatic rings. The number of likely N-dealkylation sites (tertiary alicyclic amines) is 1. The molecule has 1 aliphatic heterocycles. The molecule has 3 rings (SSSR count). The van der Waals surface area contributed by atoms with E-state index in [4.69, 9.17) is 0 Å². The van der Waals surface area contributed by atoms with Gasteiger partial charge in [0, 0.05) is 38.5 Å². The second kappa shape index (κ2) is 8.52. The van der Waals surface area contributed by atoms with E-state index < -0.39 is 9.84 Å². The fourth-order valence-corrected chi connectivity index (χ4v) is 5.05. The van der Waals surface area contributed by atoms with Crippen LogP contribution >= 0.6 is 0 Å².